The molecular weight excluding hydrogens is 248 g/mol. The zero-order valence-corrected chi connectivity index (χ0v) is 9.54. The Morgan fingerprint density at radius 2 is 2.50 bits per heavy atom. The Morgan fingerprint density at radius 1 is 1.79 bits per heavy atom. The molecule has 0 unspecified atom stereocenters. The molecule has 78 valence electrons. The normalized spacial score (nSPS) is 10.2. The van der Waals surface area contributed by atoms with Crippen LogP contribution in [0.4, 0.5) is 0 Å². The molecule has 6 heteroatoms. The van der Waals surface area contributed by atoms with Crippen molar-refractivity contribution >= 4 is 21.8 Å². The molecule has 0 spiro atoms. The third kappa shape index (κ3) is 2.55. The SMILES string of the molecule is CCn1cc(Br)c(C(=O)NCCN)n1. The first-order valence-electron chi connectivity index (χ1n) is 4.40. The second-order valence-electron chi connectivity index (χ2n) is 2.73. The summed E-state index contributed by atoms with van der Waals surface area (Å²) in [4.78, 5) is 11.5. The number of rotatable bonds is 4. The largest absolute Gasteiger partial charge is 0.349 e. The van der Waals surface area contributed by atoms with Gasteiger partial charge < -0.3 is 11.1 Å². The average Bonchev–Trinajstić information content (AvgIpc) is 2.56. The lowest BCUT2D eigenvalue weighted by molar-refractivity contribution is 0.0948. The average molecular weight is 261 g/mol. The van der Waals surface area contributed by atoms with Gasteiger partial charge in [0.05, 0.1) is 4.47 Å². The van der Waals surface area contributed by atoms with E-state index in [1.807, 2.05) is 6.92 Å². The van der Waals surface area contributed by atoms with E-state index in [1.165, 1.54) is 0 Å². The highest BCUT2D eigenvalue weighted by atomic mass is 79.9. The van der Waals surface area contributed by atoms with E-state index in [2.05, 4.69) is 26.3 Å². The molecule has 1 heterocycles. The molecule has 0 radical (unpaired) electrons. The first kappa shape index (κ1) is 11.2. The summed E-state index contributed by atoms with van der Waals surface area (Å²) in [6, 6.07) is 0. The molecule has 0 atom stereocenters. The van der Waals surface area contributed by atoms with Gasteiger partial charge in [-0.3, -0.25) is 9.48 Å². The Kier molecular flexibility index (Phi) is 4.09. The summed E-state index contributed by atoms with van der Waals surface area (Å²) >= 11 is 3.28. The van der Waals surface area contributed by atoms with Crippen LogP contribution in [0.2, 0.25) is 0 Å². The Balaban J connectivity index is 2.73. The van der Waals surface area contributed by atoms with Crippen LogP contribution in [0.25, 0.3) is 0 Å². The predicted octanol–water partition coefficient (Wildman–Crippen LogP) is 0.354. The van der Waals surface area contributed by atoms with Gasteiger partial charge in [-0.2, -0.15) is 5.10 Å². The summed E-state index contributed by atoms with van der Waals surface area (Å²) in [6.45, 7) is 3.59. The van der Waals surface area contributed by atoms with Gasteiger partial charge in [-0.15, -0.1) is 0 Å². The van der Waals surface area contributed by atoms with Gasteiger partial charge in [0.1, 0.15) is 0 Å². The van der Waals surface area contributed by atoms with Gasteiger partial charge in [0.2, 0.25) is 0 Å². The van der Waals surface area contributed by atoms with Crippen molar-refractivity contribution < 1.29 is 4.79 Å². The van der Waals surface area contributed by atoms with Crippen LogP contribution >= 0.6 is 15.9 Å². The van der Waals surface area contributed by atoms with Crippen molar-refractivity contribution in [2.75, 3.05) is 13.1 Å². The fraction of sp³-hybridized carbons (Fsp3) is 0.500. The summed E-state index contributed by atoms with van der Waals surface area (Å²) in [5.41, 5.74) is 5.68. The van der Waals surface area contributed by atoms with Crippen molar-refractivity contribution in [1.29, 1.82) is 0 Å². The Labute approximate surface area is 90.8 Å². The van der Waals surface area contributed by atoms with Crippen LogP contribution in [-0.4, -0.2) is 28.8 Å². The van der Waals surface area contributed by atoms with Crippen molar-refractivity contribution in [2.45, 2.75) is 13.5 Å². The zero-order chi connectivity index (χ0) is 10.6. The lowest BCUT2D eigenvalue weighted by Gasteiger charge is -1.99. The first-order valence-corrected chi connectivity index (χ1v) is 5.19. The van der Waals surface area contributed by atoms with Crippen molar-refractivity contribution in [3.05, 3.63) is 16.4 Å². The number of carbonyl (C=O) groups is 1. The number of aryl methyl sites for hydroxylation is 1. The number of nitrogens with one attached hydrogen (secondary N) is 1. The molecule has 0 saturated carbocycles. The minimum Gasteiger partial charge on any atom is -0.349 e. The summed E-state index contributed by atoms with van der Waals surface area (Å²) in [6.07, 6.45) is 1.78. The molecule has 0 fully saturated rings. The van der Waals surface area contributed by atoms with E-state index in [0.29, 0.717) is 23.3 Å². The number of aromatic nitrogens is 2. The highest BCUT2D eigenvalue weighted by Crippen LogP contribution is 2.14. The number of hydrogen-bond acceptors (Lipinski definition) is 3. The van der Waals surface area contributed by atoms with Gasteiger partial charge >= 0.3 is 0 Å². The van der Waals surface area contributed by atoms with Crippen molar-refractivity contribution in [3.8, 4) is 0 Å². The Bertz CT molecular complexity index is 323. The highest BCUT2D eigenvalue weighted by Gasteiger charge is 2.13. The summed E-state index contributed by atoms with van der Waals surface area (Å²) in [5.74, 6) is -0.200. The van der Waals surface area contributed by atoms with E-state index in [0.717, 1.165) is 6.54 Å². The molecule has 1 aromatic rings. The van der Waals surface area contributed by atoms with E-state index in [4.69, 9.17) is 5.73 Å². The molecular formula is C8H13BrN4O. The minimum absolute atomic E-state index is 0.200. The Hall–Kier alpha value is -0.880. The second kappa shape index (κ2) is 5.11. The maximum atomic E-state index is 11.5. The fourth-order valence-corrected chi connectivity index (χ4v) is 1.48. The van der Waals surface area contributed by atoms with Gasteiger partial charge in [0.25, 0.3) is 5.91 Å². The monoisotopic (exact) mass is 260 g/mol. The lowest BCUT2D eigenvalue weighted by atomic mass is 10.4. The molecule has 0 aromatic carbocycles. The van der Waals surface area contributed by atoms with Crippen molar-refractivity contribution in [2.24, 2.45) is 5.73 Å². The van der Waals surface area contributed by atoms with Gasteiger partial charge in [-0.05, 0) is 22.9 Å². The minimum atomic E-state index is -0.200. The number of carbonyl (C=O) groups excluding carboxylic acids is 1. The van der Waals surface area contributed by atoms with Crippen LogP contribution in [0.5, 0.6) is 0 Å². The predicted molar refractivity (Wildman–Crippen MR) is 57.0 cm³/mol. The second-order valence-corrected chi connectivity index (χ2v) is 3.58. The van der Waals surface area contributed by atoms with Crippen LogP contribution in [0.15, 0.2) is 10.7 Å². The number of nitrogens with zero attached hydrogens (tertiary/aromatic N) is 2. The van der Waals surface area contributed by atoms with Crippen LogP contribution in [0, 0.1) is 0 Å². The van der Waals surface area contributed by atoms with Crippen LogP contribution in [0.3, 0.4) is 0 Å². The molecule has 0 aliphatic carbocycles. The van der Waals surface area contributed by atoms with E-state index < -0.39 is 0 Å². The molecule has 14 heavy (non-hydrogen) atoms. The maximum absolute atomic E-state index is 11.5. The fourth-order valence-electron chi connectivity index (χ4n) is 0.982. The molecule has 5 nitrogen and oxygen atoms in total. The molecule has 0 aliphatic rings. The third-order valence-electron chi connectivity index (χ3n) is 1.69. The molecule has 1 amide bonds. The Morgan fingerprint density at radius 3 is 3.00 bits per heavy atom. The smallest absolute Gasteiger partial charge is 0.273 e. The molecule has 3 N–H and O–H groups in total. The van der Waals surface area contributed by atoms with Gasteiger partial charge in [-0.25, -0.2) is 0 Å². The number of halogens is 1. The van der Waals surface area contributed by atoms with E-state index in [-0.39, 0.29) is 5.91 Å². The topological polar surface area (TPSA) is 72.9 Å². The van der Waals surface area contributed by atoms with E-state index in [1.54, 1.807) is 10.9 Å². The highest BCUT2D eigenvalue weighted by molar-refractivity contribution is 9.10. The summed E-state index contributed by atoms with van der Waals surface area (Å²) in [7, 11) is 0. The van der Waals surface area contributed by atoms with Crippen molar-refractivity contribution in [3.63, 3.8) is 0 Å². The molecule has 0 aliphatic heterocycles. The summed E-state index contributed by atoms with van der Waals surface area (Å²) < 4.78 is 2.40. The van der Waals surface area contributed by atoms with Crippen LogP contribution in [0.1, 0.15) is 17.4 Å². The maximum Gasteiger partial charge on any atom is 0.273 e. The number of amides is 1. The summed E-state index contributed by atoms with van der Waals surface area (Å²) in [5, 5.41) is 6.76. The van der Waals surface area contributed by atoms with E-state index in [9.17, 15) is 4.79 Å². The van der Waals surface area contributed by atoms with Gasteiger partial charge in [0.15, 0.2) is 5.69 Å². The number of nitrogens with two attached hydrogens (primary N) is 1. The van der Waals surface area contributed by atoms with E-state index >= 15 is 0 Å². The third-order valence-corrected chi connectivity index (χ3v) is 2.27. The lowest BCUT2D eigenvalue weighted by Crippen LogP contribution is -2.29. The zero-order valence-electron chi connectivity index (χ0n) is 7.96. The molecule has 1 aromatic heterocycles. The molecule has 1 rings (SSSR count). The van der Waals surface area contributed by atoms with Gasteiger partial charge in [-0.1, -0.05) is 0 Å². The number of hydrogen-bond donors (Lipinski definition) is 2. The van der Waals surface area contributed by atoms with Crippen LogP contribution in [-0.2, 0) is 6.54 Å². The van der Waals surface area contributed by atoms with Gasteiger partial charge in [0, 0.05) is 25.8 Å². The quantitative estimate of drug-likeness (QED) is 0.821. The van der Waals surface area contributed by atoms with Crippen molar-refractivity contribution in [1.82, 2.24) is 15.1 Å². The standard InChI is InChI=1S/C8H13BrN4O/c1-2-13-5-6(9)7(12-13)8(14)11-4-3-10/h5H,2-4,10H2,1H3,(H,11,14). The molecule has 0 bridgehead atoms. The van der Waals surface area contributed by atoms with Crippen LogP contribution < -0.4 is 11.1 Å². The molecule has 0 saturated heterocycles. The first-order chi connectivity index (χ1) is 6.69.